The van der Waals surface area contributed by atoms with Gasteiger partial charge in [-0.05, 0) is 18.2 Å². The number of carbonyl (C=O) groups is 1. The van der Waals surface area contributed by atoms with Crippen molar-refractivity contribution in [1.29, 1.82) is 0 Å². The van der Waals surface area contributed by atoms with Gasteiger partial charge in [0.25, 0.3) is 0 Å². The minimum absolute atomic E-state index is 0.0940. The molecule has 1 aromatic heterocycles. The number of carbonyl (C=O) groups excluding carboxylic acids is 1. The van der Waals surface area contributed by atoms with Crippen molar-refractivity contribution in [3.63, 3.8) is 0 Å². The Kier molecular flexibility index (Phi) is 3.44. The molecule has 0 radical (unpaired) electrons. The number of fused-ring (bicyclic) bond motifs is 1. The van der Waals surface area contributed by atoms with Gasteiger partial charge >= 0.3 is 0 Å². The summed E-state index contributed by atoms with van der Waals surface area (Å²) in [6, 6.07) is 15.7. The molecule has 3 aromatic rings. The summed E-state index contributed by atoms with van der Waals surface area (Å²) < 4.78 is 1.05. The van der Waals surface area contributed by atoms with Crippen LogP contribution in [0, 0.1) is 0 Å². The molecule has 1 heterocycles. The van der Waals surface area contributed by atoms with E-state index < -0.39 is 0 Å². The van der Waals surface area contributed by atoms with E-state index >= 15 is 0 Å². The van der Waals surface area contributed by atoms with E-state index in [0.717, 1.165) is 26.4 Å². The number of hydrogen-bond donors (Lipinski definition) is 0. The van der Waals surface area contributed by atoms with Crippen LogP contribution in [0.4, 0.5) is 0 Å². The summed E-state index contributed by atoms with van der Waals surface area (Å²) in [6.07, 6.45) is 0. The van der Waals surface area contributed by atoms with Crippen LogP contribution in [0.25, 0.3) is 20.8 Å². The molecular formula is C15H10BrNOS. The summed E-state index contributed by atoms with van der Waals surface area (Å²) in [5, 5.41) is 1.34. The standard InChI is InChI=1S/C15H10BrNOS/c16-9-13(18)11-6-7-12-14(8-11)19-15(17-12)10-4-2-1-3-5-10/h1-8H,9H2. The third-order valence-corrected chi connectivity index (χ3v) is 4.43. The highest BCUT2D eigenvalue weighted by atomic mass is 79.9. The molecule has 2 nitrogen and oxygen atoms in total. The Morgan fingerprint density at radius 3 is 2.68 bits per heavy atom. The van der Waals surface area contributed by atoms with Crippen LogP contribution in [0.15, 0.2) is 48.5 Å². The highest BCUT2D eigenvalue weighted by molar-refractivity contribution is 9.09. The number of nitrogens with zero attached hydrogens (tertiary/aromatic N) is 1. The Morgan fingerprint density at radius 1 is 1.16 bits per heavy atom. The van der Waals surface area contributed by atoms with Gasteiger partial charge in [0, 0.05) is 11.1 Å². The minimum Gasteiger partial charge on any atom is -0.293 e. The Hall–Kier alpha value is -1.52. The summed E-state index contributed by atoms with van der Waals surface area (Å²) in [6.45, 7) is 0. The quantitative estimate of drug-likeness (QED) is 0.521. The van der Waals surface area contributed by atoms with Crippen LogP contribution >= 0.6 is 27.3 Å². The van der Waals surface area contributed by atoms with Crippen molar-refractivity contribution in [1.82, 2.24) is 4.98 Å². The number of thiazole rings is 1. The zero-order valence-corrected chi connectivity index (χ0v) is 12.4. The average molecular weight is 332 g/mol. The van der Waals surface area contributed by atoms with Crippen molar-refractivity contribution in [3.8, 4) is 10.6 Å². The fraction of sp³-hybridized carbons (Fsp3) is 0.0667. The topological polar surface area (TPSA) is 30.0 Å². The van der Waals surface area contributed by atoms with Gasteiger partial charge < -0.3 is 0 Å². The molecule has 0 saturated heterocycles. The molecule has 0 amide bonds. The molecule has 94 valence electrons. The third-order valence-electron chi connectivity index (χ3n) is 2.85. The van der Waals surface area contributed by atoms with E-state index in [0.29, 0.717) is 5.33 Å². The van der Waals surface area contributed by atoms with Crippen LogP contribution < -0.4 is 0 Å². The fourth-order valence-electron chi connectivity index (χ4n) is 1.88. The molecule has 0 atom stereocenters. The fourth-order valence-corrected chi connectivity index (χ4v) is 3.21. The van der Waals surface area contributed by atoms with E-state index in [4.69, 9.17) is 0 Å². The van der Waals surface area contributed by atoms with Gasteiger partial charge in [0.2, 0.25) is 0 Å². The van der Waals surface area contributed by atoms with Crippen molar-refractivity contribution < 1.29 is 4.79 Å². The largest absolute Gasteiger partial charge is 0.293 e. The Bertz CT molecular complexity index is 736. The van der Waals surface area contributed by atoms with Gasteiger partial charge in [0.05, 0.1) is 15.5 Å². The minimum atomic E-state index is 0.0940. The molecule has 0 unspecified atom stereocenters. The number of rotatable bonds is 3. The van der Waals surface area contributed by atoms with Gasteiger partial charge in [-0.25, -0.2) is 4.98 Å². The van der Waals surface area contributed by atoms with E-state index in [2.05, 4.69) is 20.9 Å². The van der Waals surface area contributed by atoms with Crippen molar-refractivity contribution in [2.24, 2.45) is 0 Å². The van der Waals surface area contributed by atoms with E-state index in [1.807, 2.05) is 48.5 Å². The maximum Gasteiger partial charge on any atom is 0.173 e. The van der Waals surface area contributed by atoms with Crippen LogP contribution in [0.1, 0.15) is 10.4 Å². The maximum atomic E-state index is 11.7. The number of alkyl halides is 1. The summed E-state index contributed by atoms with van der Waals surface area (Å²) in [5.74, 6) is 0.0940. The van der Waals surface area contributed by atoms with Crippen molar-refractivity contribution in [3.05, 3.63) is 54.1 Å². The van der Waals surface area contributed by atoms with Crippen molar-refractivity contribution >= 4 is 43.3 Å². The molecule has 3 rings (SSSR count). The first-order valence-corrected chi connectivity index (χ1v) is 7.77. The predicted octanol–water partition coefficient (Wildman–Crippen LogP) is 4.54. The first-order chi connectivity index (χ1) is 9.28. The number of hydrogen-bond acceptors (Lipinski definition) is 3. The molecule has 0 N–H and O–H groups in total. The van der Waals surface area contributed by atoms with Gasteiger partial charge in [-0.3, -0.25) is 4.79 Å². The SMILES string of the molecule is O=C(CBr)c1ccc2nc(-c3ccccc3)sc2c1. The Balaban J connectivity index is 2.09. The average Bonchev–Trinajstić information content (AvgIpc) is 2.90. The summed E-state index contributed by atoms with van der Waals surface area (Å²) in [4.78, 5) is 16.3. The lowest BCUT2D eigenvalue weighted by molar-refractivity contribution is 0.102. The molecule has 0 aliphatic heterocycles. The molecule has 0 aliphatic carbocycles. The summed E-state index contributed by atoms with van der Waals surface area (Å²) >= 11 is 4.81. The zero-order valence-electron chi connectivity index (χ0n) is 9.97. The van der Waals surface area contributed by atoms with Crippen LogP contribution in [0.3, 0.4) is 0 Å². The highest BCUT2D eigenvalue weighted by Crippen LogP contribution is 2.30. The Morgan fingerprint density at radius 2 is 1.95 bits per heavy atom. The van der Waals surface area contributed by atoms with Crippen LogP contribution in [0.5, 0.6) is 0 Å². The van der Waals surface area contributed by atoms with Gasteiger partial charge in [-0.15, -0.1) is 11.3 Å². The lowest BCUT2D eigenvalue weighted by Crippen LogP contribution is -1.98. The Labute approximate surface area is 123 Å². The van der Waals surface area contributed by atoms with Gasteiger partial charge in [0.15, 0.2) is 5.78 Å². The summed E-state index contributed by atoms with van der Waals surface area (Å²) in [5.41, 5.74) is 2.78. The third kappa shape index (κ3) is 2.46. The first kappa shape index (κ1) is 12.5. The number of benzene rings is 2. The number of Topliss-reactive ketones (excluding diaryl/α,β-unsaturated/α-hetero) is 1. The molecule has 0 fully saturated rings. The predicted molar refractivity (Wildman–Crippen MR) is 83.2 cm³/mol. The number of ketones is 1. The smallest absolute Gasteiger partial charge is 0.173 e. The molecule has 0 saturated carbocycles. The second kappa shape index (κ2) is 5.23. The first-order valence-electron chi connectivity index (χ1n) is 5.83. The van der Waals surface area contributed by atoms with Gasteiger partial charge in [-0.2, -0.15) is 0 Å². The lowest BCUT2D eigenvalue weighted by atomic mass is 10.1. The molecule has 4 heteroatoms. The van der Waals surface area contributed by atoms with Crippen LogP contribution in [-0.4, -0.2) is 16.1 Å². The number of aromatic nitrogens is 1. The van der Waals surface area contributed by atoms with Crippen molar-refractivity contribution in [2.75, 3.05) is 5.33 Å². The second-order valence-corrected chi connectivity index (χ2v) is 5.72. The molecule has 2 aromatic carbocycles. The van der Waals surface area contributed by atoms with E-state index in [9.17, 15) is 4.79 Å². The van der Waals surface area contributed by atoms with Crippen LogP contribution in [0.2, 0.25) is 0 Å². The molecule has 0 bridgehead atoms. The normalized spacial score (nSPS) is 10.8. The maximum absolute atomic E-state index is 11.7. The van der Waals surface area contributed by atoms with Gasteiger partial charge in [0.1, 0.15) is 5.01 Å². The molecule has 19 heavy (non-hydrogen) atoms. The van der Waals surface area contributed by atoms with Crippen molar-refractivity contribution in [2.45, 2.75) is 0 Å². The molecular weight excluding hydrogens is 322 g/mol. The van der Waals surface area contributed by atoms with Crippen LogP contribution in [-0.2, 0) is 0 Å². The number of halogens is 1. The summed E-state index contributed by atoms with van der Waals surface area (Å²) in [7, 11) is 0. The van der Waals surface area contributed by atoms with E-state index in [-0.39, 0.29) is 5.78 Å². The lowest BCUT2D eigenvalue weighted by Gasteiger charge is -1.95. The van der Waals surface area contributed by atoms with E-state index in [1.54, 1.807) is 11.3 Å². The monoisotopic (exact) mass is 331 g/mol. The zero-order chi connectivity index (χ0) is 13.2. The second-order valence-electron chi connectivity index (χ2n) is 4.12. The van der Waals surface area contributed by atoms with E-state index in [1.165, 1.54) is 0 Å². The molecule has 0 aliphatic rings. The van der Waals surface area contributed by atoms with Gasteiger partial charge in [-0.1, -0.05) is 46.3 Å². The highest BCUT2D eigenvalue weighted by Gasteiger charge is 2.09. The molecule has 0 spiro atoms.